The quantitative estimate of drug-likeness (QED) is 0.844. The summed E-state index contributed by atoms with van der Waals surface area (Å²) in [6.07, 6.45) is 0.906. The van der Waals surface area contributed by atoms with E-state index in [2.05, 4.69) is 16.9 Å². The van der Waals surface area contributed by atoms with Gasteiger partial charge in [0.15, 0.2) is 0 Å². The summed E-state index contributed by atoms with van der Waals surface area (Å²) in [5.41, 5.74) is 2.06. The lowest BCUT2D eigenvalue weighted by atomic mass is 10.2. The molecule has 0 aliphatic carbocycles. The highest BCUT2D eigenvalue weighted by molar-refractivity contribution is 7.71. The Labute approximate surface area is 105 Å². The van der Waals surface area contributed by atoms with E-state index in [1.54, 1.807) is 7.11 Å². The van der Waals surface area contributed by atoms with Crippen molar-refractivity contribution in [3.05, 3.63) is 40.7 Å². The molecule has 0 unspecified atom stereocenters. The average Bonchev–Trinajstić information content (AvgIpc) is 2.38. The highest BCUT2D eigenvalue weighted by atomic mass is 32.1. The van der Waals surface area contributed by atoms with Crippen LogP contribution in [0, 0.1) is 4.64 Å². The van der Waals surface area contributed by atoms with Crippen molar-refractivity contribution in [1.82, 2.24) is 9.97 Å². The predicted octanol–water partition coefficient (Wildman–Crippen LogP) is 3.38. The molecule has 2 aromatic rings. The van der Waals surface area contributed by atoms with Gasteiger partial charge in [-0.15, -0.1) is 0 Å². The Kier molecular flexibility index (Phi) is 3.54. The van der Waals surface area contributed by atoms with Crippen LogP contribution in [0.4, 0.5) is 0 Å². The molecule has 2 rings (SSSR count). The monoisotopic (exact) mass is 246 g/mol. The topological polar surface area (TPSA) is 37.9 Å². The first-order valence-corrected chi connectivity index (χ1v) is 5.88. The Morgan fingerprint density at radius 1 is 1.35 bits per heavy atom. The van der Waals surface area contributed by atoms with Gasteiger partial charge < -0.3 is 9.72 Å². The zero-order valence-corrected chi connectivity index (χ0v) is 10.7. The summed E-state index contributed by atoms with van der Waals surface area (Å²) in [5, 5.41) is 0. The largest absolute Gasteiger partial charge is 0.497 e. The molecule has 1 N–H and O–H groups in total. The third-order valence-electron chi connectivity index (χ3n) is 2.52. The lowest BCUT2D eigenvalue weighted by Crippen LogP contribution is -1.95. The first-order valence-electron chi connectivity index (χ1n) is 5.47. The van der Waals surface area contributed by atoms with E-state index in [0.717, 1.165) is 29.3 Å². The zero-order chi connectivity index (χ0) is 12.3. The maximum absolute atomic E-state index is 5.20. The van der Waals surface area contributed by atoms with E-state index in [4.69, 9.17) is 17.0 Å². The second kappa shape index (κ2) is 5.10. The highest BCUT2D eigenvalue weighted by Gasteiger charge is 2.03. The summed E-state index contributed by atoms with van der Waals surface area (Å²) >= 11 is 5.15. The molecule has 1 aromatic heterocycles. The number of hydrogen-bond acceptors (Lipinski definition) is 3. The first-order chi connectivity index (χ1) is 8.22. The molecule has 0 saturated carbocycles. The summed E-state index contributed by atoms with van der Waals surface area (Å²) in [4.78, 5) is 7.60. The molecule has 0 spiro atoms. The van der Waals surface area contributed by atoms with E-state index in [9.17, 15) is 0 Å². The van der Waals surface area contributed by atoms with Gasteiger partial charge in [-0.1, -0.05) is 31.3 Å². The van der Waals surface area contributed by atoms with E-state index >= 15 is 0 Å². The van der Waals surface area contributed by atoms with Gasteiger partial charge in [-0.3, -0.25) is 0 Å². The Balaban J connectivity index is 2.51. The summed E-state index contributed by atoms with van der Waals surface area (Å²) in [6.45, 7) is 2.08. The Bertz CT molecular complexity index is 578. The predicted molar refractivity (Wildman–Crippen MR) is 70.8 cm³/mol. The van der Waals surface area contributed by atoms with Gasteiger partial charge in [0.25, 0.3) is 0 Å². The van der Waals surface area contributed by atoms with Crippen molar-refractivity contribution in [2.45, 2.75) is 13.3 Å². The minimum Gasteiger partial charge on any atom is -0.497 e. The number of nitrogens with zero attached hydrogens (tertiary/aromatic N) is 1. The maximum Gasteiger partial charge on any atom is 0.139 e. The Morgan fingerprint density at radius 3 is 2.88 bits per heavy atom. The molecular weight excluding hydrogens is 232 g/mol. The molecule has 88 valence electrons. The molecule has 4 heteroatoms. The molecule has 3 nitrogen and oxygen atoms in total. The standard InChI is InChI=1S/C13H14N2OS/c1-3-10-8-12(17)15-13(14-10)9-5-4-6-11(7-9)16-2/h4-8H,3H2,1-2H3,(H,14,15,17). The fourth-order valence-corrected chi connectivity index (χ4v) is 1.84. The van der Waals surface area contributed by atoms with E-state index in [1.807, 2.05) is 30.3 Å². The van der Waals surface area contributed by atoms with Crippen molar-refractivity contribution in [3.63, 3.8) is 0 Å². The van der Waals surface area contributed by atoms with Gasteiger partial charge >= 0.3 is 0 Å². The number of aromatic nitrogens is 2. The molecule has 0 amide bonds. The molecule has 0 fully saturated rings. The fourth-order valence-electron chi connectivity index (χ4n) is 1.61. The molecule has 0 radical (unpaired) electrons. The van der Waals surface area contributed by atoms with Crippen LogP contribution in [0.15, 0.2) is 30.3 Å². The minimum absolute atomic E-state index is 0.610. The highest BCUT2D eigenvalue weighted by Crippen LogP contribution is 2.20. The smallest absolute Gasteiger partial charge is 0.139 e. The number of ether oxygens (including phenoxy) is 1. The third-order valence-corrected chi connectivity index (χ3v) is 2.73. The molecule has 1 heterocycles. The number of methoxy groups -OCH3 is 1. The summed E-state index contributed by atoms with van der Waals surface area (Å²) < 4.78 is 5.81. The van der Waals surface area contributed by atoms with Crippen LogP contribution in [0.2, 0.25) is 0 Å². The number of nitrogens with one attached hydrogen (secondary N) is 1. The van der Waals surface area contributed by atoms with E-state index in [1.165, 1.54) is 0 Å². The molecule has 0 atom stereocenters. The number of aromatic amines is 1. The van der Waals surface area contributed by atoms with Crippen LogP contribution >= 0.6 is 12.2 Å². The lowest BCUT2D eigenvalue weighted by Gasteiger charge is -2.06. The molecule has 17 heavy (non-hydrogen) atoms. The summed E-state index contributed by atoms with van der Waals surface area (Å²) in [5.74, 6) is 1.60. The van der Waals surface area contributed by atoms with Gasteiger partial charge in [0.1, 0.15) is 16.2 Å². The first kappa shape index (κ1) is 11.8. The number of H-pyrrole nitrogens is 1. The van der Waals surface area contributed by atoms with Crippen LogP contribution in [0.25, 0.3) is 11.4 Å². The van der Waals surface area contributed by atoms with Gasteiger partial charge in [-0.05, 0) is 24.6 Å². The van der Waals surface area contributed by atoms with Gasteiger partial charge in [-0.25, -0.2) is 4.98 Å². The summed E-state index contributed by atoms with van der Waals surface area (Å²) in [6, 6.07) is 9.65. The lowest BCUT2D eigenvalue weighted by molar-refractivity contribution is 0.415. The van der Waals surface area contributed by atoms with Crippen LogP contribution in [-0.4, -0.2) is 17.1 Å². The number of rotatable bonds is 3. The normalized spacial score (nSPS) is 10.2. The van der Waals surface area contributed by atoms with Crippen molar-refractivity contribution in [2.75, 3.05) is 7.11 Å². The SMILES string of the molecule is CCc1cc(=S)nc(-c2cccc(OC)c2)[nH]1. The number of hydrogen-bond donors (Lipinski definition) is 1. The van der Waals surface area contributed by atoms with Gasteiger partial charge in [0.2, 0.25) is 0 Å². The fraction of sp³-hybridized carbons (Fsp3) is 0.231. The van der Waals surface area contributed by atoms with Crippen LogP contribution < -0.4 is 4.74 Å². The van der Waals surface area contributed by atoms with Crippen molar-refractivity contribution < 1.29 is 4.74 Å². The van der Waals surface area contributed by atoms with Gasteiger partial charge in [0.05, 0.1) is 7.11 Å². The Hall–Kier alpha value is -1.68. The second-order valence-corrected chi connectivity index (χ2v) is 4.10. The van der Waals surface area contributed by atoms with Crippen LogP contribution in [0.5, 0.6) is 5.75 Å². The van der Waals surface area contributed by atoms with Crippen LogP contribution in [0.1, 0.15) is 12.6 Å². The zero-order valence-electron chi connectivity index (χ0n) is 9.86. The van der Waals surface area contributed by atoms with E-state index in [-0.39, 0.29) is 0 Å². The molecular formula is C13H14N2OS. The number of aryl methyl sites for hydroxylation is 1. The molecule has 0 aliphatic rings. The third kappa shape index (κ3) is 2.71. The van der Waals surface area contributed by atoms with E-state index in [0.29, 0.717) is 4.64 Å². The van der Waals surface area contributed by atoms with Crippen LogP contribution in [0.3, 0.4) is 0 Å². The van der Waals surface area contributed by atoms with Gasteiger partial charge in [0, 0.05) is 11.3 Å². The van der Waals surface area contributed by atoms with Crippen molar-refractivity contribution in [1.29, 1.82) is 0 Å². The second-order valence-electron chi connectivity index (χ2n) is 3.68. The molecule has 1 aromatic carbocycles. The van der Waals surface area contributed by atoms with Crippen LogP contribution in [-0.2, 0) is 6.42 Å². The Morgan fingerprint density at radius 2 is 2.18 bits per heavy atom. The summed E-state index contributed by atoms with van der Waals surface area (Å²) in [7, 11) is 1.65. The number of benzene rings is 1. The maximum atomic E-state index is 5.20. The van der Waals surface area contributed by atoms with Gasteiger partial charge in [-0.2, -0.15) is 0 Å². The van der Waals surface area contributed by atoms with Crippen molar-refractivity contribution in [3.8, 4) is 17.1 Å². The van der Waals surface area contributed by atoms with Crippen molar-refractivity contribution >= 4 is 12.2 Å². The molecule has 0 aliphatic heterocycles. The van der Waals surface area contributed by atoms with Crippen molar-refractivity contribution in [2.24, 2.45) is 0 Å². The minimum atomic E-state index is 0.610. The molecule has 0 saturated heterocycles. The van der Waals surface area contributed by atoms with E-state index < -0.39 is 0 Å². The molecule has 0 bridgehead atoms. The average molecular weight is 246 g/mol.